The zero-order chi connectivity index (χ0) is 17.8. The summed E-state index contributed by atoms with van der Waals surface area (Å²) in [5, 5.41) is 2.72. The summed E-state index contributed by atoms with van der Waals surface area (Å²) in [6, 6.07) is 11.4. The minimum absolute atomic E-state index is 0.00126. The molecule has 0 radical (unpaired) electrons. The summed E-state index contributed by atoms with van der Waals surface area (Å²) < 4.78 is 19.5. The van der Waals surface area contributed by atoms with Crippen molar-refractivity contribution in [3.05, 3.63) is 52.8 Å². The monoisotopic (exact) mass is 406 g/mol. The number of carbonyl (C=O) groups is 2. The van der Waals surface area contributed by atoms with Gasteiger partial charge in [-0.05, 0) is 36.8 Å². The van der Waals surface area contributed by atoms with E-state index in [1.165, 1.54) is 12.1 Å². The molecule has 1 heterocycles. The molecule has 0 unspecified atom stereocenters. The van der Waals surface area contributed by atoms with Gasteiger partial charge in [0, 0.05) is 17.4 Å². The van der Waals surface area contributed by atoms with Crippen molar-refractivity contribution < 1.29 is 18.7 Å². The molecule has 0 spiro atoms. The van der Waals surface area contributed by atoms with Crippen LogP contribution in [-0.4, -0.2) is 25.0 Å². The van der Waals surface area contributed by atoms with Gasteiger partial charge in [0.15, 0.2) is 18.2 Å². The highest BCUT2D eigenvalue weighted by molar-refractivity contribution is 9.10. The summed E-state index contributed by atoms with van der Waals surface area (Å²) >= 11 is 3.16. The predicted molar refractivity (Wildman–Crippen MR) is 96.3 cm³/mol. The first-order valence-electron chi connectivity index (χ1n) is 7.81. The Morgan fingerprint density at radius 2 is 2.08 bits per heavy atom. The number of para-hydroxylation sites is 2. The third-order valence-corrected chi connectivity index (χ3v) is 4.29. The van der Waals surface area contributed by atoms with Crippen LogP contribution in [0.2, 0.25) is 0 Å². The van der Waals surface area contributed by atoms with Gasteiger partial charge in [-0.15, -0.1) is 0 Å². The van der Waals surface area contributed by atoms with Gasteiger partial charge >= 0.3 is 0 Å². The van der Waals surface area contributed by atoms with E-state index in [0.29, 0.717) is 28.8 Å². The molecule has 0 aliphatic carbocycles. The Balaban J connectivity index is 1.66. The zero-order valence-electron chi connectivity index (χ0n) is 13.3. The van der Waals surface area contributed by atoms with Crippen molar-refractivity contribution in [1.29, 1.82) is 0 Å². The molecular formula is C18H16BrFN2O3. The van der Waals surface area contributed by atoms with E-state index in [1.807, 2.05) is 6.07 Å². The highest BCUT2D eigenvalue weighted by atomic mass is 79.9. The lowest BCUT2D eigenvalue weighted by Gasteiger charge is -2.20. The summed E-state index contributed by atoms with van der Waals surface area (Å²) in [4.78, 5) is 25.7. The first kappa shape index (κ1) is 17.4. The highest BCUT2D eigenvalue weighted by Gasteiger charge is 2.24. The largest absolute Gasteiger partial charge is 0.481 e. The van der Waals surface area contributed by atoms with Crippen LogP contribution < -0.4 is 15.0 Å². The van der Waals surface area contributed by atoms with Crippen LogP contribution in [0.3, 0.4) is 0 Å². The summed E-state index contributed by atoms with van der Waals surface area (Å²) in [5.74, 6) is -0.942. The molecule has 2 amide bonds. The number of ether oxygens (including phenoxy) is 1. The van der Waals surface area contributed by atoms with Crippen molar-refractivity contribution in [2.24, 2.45) is 0 Å². The molecule has 0 atom stereocenters. The lowest BCUT2D eigenvalue weighted by molar-refractivity contribution is -0.118. The maximum Gasteiger partial charge on any atom is 0.262 e. The van der Waals surface area contributed by atoms with Gasteiger partial charge in [0.1, 0.15) is 0 Å². The Morgan fingerprint density at radius 3 is 2.80 bits per heavy atom. The van der Waals surface area contributed by atoms with Gasteiger partial charge in [0.2, 0.25) is 5.91 Å². The van der Waals surface area contributed by atoms with Gasteiger partial charge in [0.05, 0.1) is 11.4 Å². The summed E-state index contributed by atoms with van der Waals surface area (Å²) in [6.45, 7) is 0.299. The van der Waals surface area contributed by atoms with E-state index in [2.05, 4.69) is 21.2 Å². The summed E-state index contributed by atoms with van der Waals surface area (Å²) in [5.41, 5.74) is 1.19. The van der Waals surface area contributed by atoms with Crippen LogP contribution >= 0.6 is 15.9 Å². The van der Waals surface area contributed by atoms with Crippen LogP contribution in [0.4, 0.5) is 15.8 Å². The second-order valence-electron chi connectivity index (χ2n) is 5.58. The molecule has 1 aliphatic heterocycles. The molecular weight excluding hydrogens is 391 g/mol. The third-order valence-electron chi connectivity index (χ3n) is 3.80. The normalized spacial score (nSPS) is 13.8. The Kier molecular flexibility index (Phi) is 5.33. The van der Waals surface area contributed by atoms with Crippen molar-refractivity contribution in [1.82, 2.24) is 0 Å². The molecule has 1 N–H and O–H groups in total. The molecule has 0 bridgehead atoms. The number of carbonyl (C=O) groups excluding carboxylic acids is 2. The van der Waals surface area contributed by atoms with E-state index >= 15 is 0 Å². The molecule has 7 heteroatoms. The van der Waals surface area contributed by atoms with Crippen LogP contribution in [0.15, 0.2) is 46.9 Å². The quantitative estimate of drug-likeness (QED) is 0.822. The molecule has 0 saturated carbocycles. The van der Waals surface area contributed by atoms with Gasteiger partial charge in [-0.3, -0.25) is 9.59 Å². The number of amides is 2. The molecule has 2 aromatic carbocycles. The number of nitrogens with zero attached hydrogens (tertiary/aromatic N) is 1. The van der Waals surface area contributed by atoms with Crippen LogP contribution in [-0.2, 0) is 9.59 Å². The molecule has 2 aromatic rings. The minimum atomic E-state index is -0.551. The molecule has 5 nitrogen and oxygen atoms in total. The fraction of sp³-hybridized carbons (Fsp3) is 0.222. The van der Waals surface area contributed by atoms with Crippen LogP contribution in [0, 0.1) is 5.82 Å². The Hall–Kier alpha value is -2.41. The fourth-order valence-corrected chi connectivity index (χ4v) is 2.97. The second-order valence-corrected chi connectivity index (χ2v) is 6.49. The average molecular weight is 407 g/mol. The molecule has 1 fully saturated rings. The van der Waals surface area contributed by atoms with Crippen molar-refractivity contribution in [3.63, 3.8) is 0 Å². The van der Waals surface area contributed by atoms with Gasteiger partial charge in [0.25, 0.3) is 5.91 Å². The lowest BCUT2D eigenvalue weighted by atomic mass is 10.2. The number of hydrogen-bond donors (Lipinski definition) is 1. The zero-order valence-corrected chi connectivity index (χ0v) is 14.9. The third kappa shape index (κ3) is 4.17. The average Bonchev–Trinajstić information content (AvgIpc) is 3.00. The number of hydrogen-bond acceptors (Lipinski definition) is 3. The number of rotatable bonds is 5. The first-order chi connectivity index (χ1) is 12.0. The van der Waals surface area contributed by atoms with Crippen molar-refractivity contribution in [2.45, 2.75) is 12.8 Å². The predicted octanol–water partition coefficient (Wildman–Crippen LogP) is 3.73. The summed E-state index contributed by atoms with van der Waals surface area (Å²) in [6.07, 6.45) is 1.31. The van der Waals surface area contributed by atoms with Crippen molar-refractivity contribution in [2.75, 3.05) is 23.4 Å². The van der Waals surface area contributed by atoms with Gasteiger partial charge in [-0.2, -0.15) is 0 Å². The molecule has 3 rings (SSSR count). The van der Waals surface area contributed by atoms with E-state index in [-0.39, 0.29) is 18.3 Å². The van der Waals surface area contributed by atoms with E-state index < -0.39 is 11.7 Å². The Bertz CT molecular complexity index is 813. The fourth-order valence-electron chi connectivity index (χ4n) is 2.64. The van der Waals surface area contributed by atoms with Crippen LogP contribution in [0.25, 0.3) is 0 Å². The second kappa shape index (κ2) is 7.65. The molecule has 130 valence electrons. The highest BCUT2D eigenvalue weighted by Crippen LogP contribution is 2.29. The number of nitrogens with one attached hydrogen (secondary N) is 1. The smallest absolute Gasteiger partial charge is 0.262 e. The maximum absolute atomic E-state index is 13.7. The number of halogens is 2. The Labute approximate surface area is 152 Å². The topological polar surface area (TPSA) is 58.6 Å². The SMILES string of the molecule is O=C(COc1ccc(Br)cc1F)Nc1ccccc1N1CCCC1=O. The number of benzene rings is 2. The first-order valence-corrected chi connectivity index (χ1v) is 8.61. The standard InChI is InChI=1S/C18H16BrFN2O3/c19-12-7-8-16(13(20)10-12)25-11-17(23)21-14-4-1-2-5-15(14)22-9-3-6-18(22)24/h1-2,4-5,7-8,10H,3,6,9,11H2,(H,21,23). The van der Waals surface area contributed by atoms with Gasteiger partial charge in [-0.1, -0.05) is 28.1 Å². The van der Waals surface area contributed by atoms with E-state index in [0.717, 1.165) is 6.42 Å². The van der Waals surface area contributed by atoms with Crippen LogP contribution in [0.5, 0.6) is 5.75 Å². The van der Waals surface area contributed by atoms with E-state index in [9.17, 15) is 14.0 Å². The summed E-state index contributed by atoms with van der Waals surface area (Å²) in [7, 11) is 0. The lowest BCUT2D eigenvalue weighted by Crippen LogP contribution is -2.27. The van der Waals surface area contributed by atoms with E-state index in [1.54, 1.807) is 29.2 Å². The molecule has 0 aromatic heterocycles. The van der Waals surface area contributed by atoms with Crippen molar-refractivity contribution in [3.8, 4) is 5.75 Å². The molecule has 1 saturated heterocycles. The van der Waals surface area contributed by atoms with Crippen molar-refractivity contribution >= 4 is 39.1 Å². The molecule has 1 aliphatic rings. The van der Waals surface area contributed by atoms with Gasteiger partial charge in [-0.25, -0.2) is 4.39 Å². The number of anilines is 2. The van der Waals surface area contributed by atoms with Gasteiger partial charge < -0.3 is 15.0 Å². The van der Waals surface area contributed by atoms with E-state index in [4.69, 9.17) is 4.74 Å². The van der Waals surface area contributed by atoms with Crippen LogP contribution in [0.1, 0.15) is 12.8 Å². The Morgan fingerprint density at radius 1 is 1.28 bits per heavy atom. The minimum Gasteiger partial charge on any atom is -0.481 e. The molecule has 25 heavy (non-hydrogen) atoms. The maximum atomic E-state index is 13.7.